The highest BCUT2D eigenvalue weighted by Gasteiger charge is 2.17. The van der Waals surface area contributed by atoms with Gasteiger partial charge in [0, 0.05) is 19.1 Å². The maximum atomic E-state index is 12.1. The van der Waals surface area contributed by atoms with Gasteiger partial charge in [-0.3, -0.25) is 4.79 Å². The zero-order chi connectivity index (χ0) is 16.4. The molecule has 0 spiro atoms. The van der Waals surface area contributed by atoms with Crippen LogP contribution in [0.5, 0.6) is 0 Å². The Morgan fingerprint density at radius 2 is 1.90 bits per heavy atom. The van der Waals surface area contributed by atoms with Gasteiger partial charge < -0.3 is 15.3 Å². The Bertz CT molecular complexity index is 379. The van der Waals surface area contributed by atoms with Crippen molar-refractivity contribution in [2.75, 3.05) is 13.1 Å². The summed E-state index contributed by atoms with van der Waals surface area (Å²) < 4.78 is 0. The highest BCUT2D eigenvalue weighted by atomic mass is 16.4. The summed E-state index contributed by atoms with van der Waals surface area (Å²) >= 11 is 0. The van der Waals surface area contributed by atoms with Crippen molar-refractivity contribution in [2.45, 2.75) is 53.0 Å². The Labute approximate surface area is 127 Å². The van der Waals surface area contributed by atoms with Crippen LogP contribution in [0.1, 0.15) is 47.0 Å². The number of rotatable bonds is 9. The molecule has 0 radical (unpaired) electrons. The van der Waals surface area contributed by atoms with Crippen LogP contribution in [-0.4, -0.2) is 41.1 Å². The van der Waals surface area contributed by atoms with Gasteiger partial charge >= 0.3 is 12.0 Å². The van der Waals surface area contributed by atoms with E-state index < -0.39 is 5.97 Å². The Kier molecular flexibility index (Phi) is 9.18. The van der Waals surface area contributed by atoms with E-state index in [4.69, 9.17) is 10.4 Å². The number of hydrogen-bond acceptors (Lipinski definition) is 3. The van der Waals surface area contributed by atoms with Crippen LogP contribution in [0.3, 0.4) is 0 Å². The average Bonchev–Trinajstić information content (AvgIpc) is 2.43. The van der Waals surface area contributed by atoms with E-state index in [9.17, 15) is 9.59 Å². The number of nitriles is 1. The van der Waals surface area contributed by atoms with Crippen molar-refractivity contribution >= 4 is 12.0 Å². The average molecular weight is 297 g/mol. The van der Waals surface area contributed by atoms with Gasteiger partial charge in [-0.2, -0.15) is 5.26 Å². The van der Waals surface area contributed by atoms with E-state index in [2.05, 4.69) is 11.4 Å². The minimum absolute atomic E-state index is 0.00932. The summed E-state index contributed by atoms with van der Waals surface area (Å²) in [5.41, 5.74) is 0. The standard InChI is InChI=1S/C15H27N3O3/c1-5-18(10-11(2)9-16)15(21)17-13(4)8-6-7-12(3)14(19)20/h11-13H,5-8,10H2,1-4H3,(H,17,21)(H,19,20). The largest absolute Gasteiger partial charge is 0.481 e. The number of urea groups is 1. The van der Waals surface area contributed by atoms with Crippen LogP contribution in [0.4, 0.5) is 4.79 Å². The molecule has 3 atom stereocenters. The van der Waals surface area contributed by atoms with Crippen LogP contribution >= 0.6 is 0 Å². The normalized spacial score (nSPS) is 14.6. The lowest BCUT2D eigenvalue weighted by Crippen LogP contribution is -2.45. The van der Waals surface area contributed by atoms with Crippen molar-refractivity contribution in [3.63, 3.8) is 0 Å². The zero-order valence-electron chi connectivity index (χ0n) is 13.4. The van der Waals surface area contributed by atoms with Crippen molar-refractivity contribution < 1.29 is 14.7 Å². The summed E-state index contributed by atoms with van der Waals surface area (Å²) in [6, 6.07) is 1.94. The third-order valence-electron chi connectivity index (χ3n) is 3.45. The van der Waals surface area contributed by atoms with E-state index in [1.165, 1.54) is 0 Å². The number of carbonyl (C=O) groups excluding carboxylic acids is 1. The van der Waals surface area contributed by atoms with Crippen LogP contribution in [0.15, 0.2) is 0 Å². The Morgan fingerprint density at radius 3 is 2.38 bits per heavy atom. The predicted octanol–water partition coefficient (Wildman–Crippen LogP) is 2.46. The quantitative estimate of drug-likeness (QED) is 0.683. The molecule has 0 rings (SSSR count). The molecular weight excluding hydrogens is 270 g/mol. The van der Waals surface area contributed by atoms with Gasteiger partial charge in [0.25, 0.3) is 0 Å². The molecule has 21 heavy (non-hydrogen) atoms. The first kappa shape index (κ1) is 19.2. The van der Waals surface area contributed by atoms with Gasteiger partial charge in [0.05, 0.1) is 17.9 Å². The Morgan fingerprint density at radius 1 is 1.29 bits per heavy atom. The van der Waals surface area contributed by atoms with Crippen molar-refractivity contribution in [3.05, 3.63) is 0 Å². The summed E-state index contributed by atoms with van der Waals surface area (Å²) in [5.74, 6) is -1.33. The molecule has 0 aromatic rings. The minimum Gasteiger partial charge on any atom is -0.481 e. The second-order valence-corrected chi connectivity index (χ2v) is 5.59. The van der Waals surface area contributed by atoms with Crippen molar-refractivity contribution in [2.24, 2.45) is 11.8 Å². The molecule has 0 aliphatic rings. The van der Waals surface area contributed by atoms with Gasteiger partial charge in [-0.15, -0.1) is 0 Å². The first-order valence-corrected chi connectivity index (χ1v) is 7.49. The lowest BCUT2D eigenvalue weighted by Gasteiger charge is -2.25. The smallest absolute Gasteiger partial charge is 0.317 e. The topological polar surface area (TPSA) is 93.4 Å². The number of amides is 2. The van der Waals surface area contributed by atoms with Crippen molar-refractivity contribution in [1.29, 1.82) is 5.26 Å². The van der Waals surface area contributed by atoms with Gasteiger partial charge in [-0.05, 0) is 33.6 Å². The number of carboxylic acid groups (broad SMARTS) is 1. The second kappa shape index (κ2) is 10.0. The fraction of sp³-hybridized carbons (Fsp3) is 0.800. The second-order valence-electron chi connectivity index (χ2n) is 5.59. The number of carbonyl (C=O) groups is 2. The maximum Gasteiger partial charge on any atom is 0.317 e. The van der Waals surface area contributed by atoms with Crippen LogP contribution < -0.4 is 5.32 Å². The van der Waals surface area contributed by atoms with E-state index in [0.717, 1.165) is 12.8 Å². The molecule has 0 saturated heterocycles. The van der Waals surface area contributed by atoms with Crippen LogP contribution in [-0.2, 0) is 4.79 Å². The van der Waals surface area contributed by atoms with Gasteiger partial charge in [-0.25, -0.2) is 4.79 Å². The summed E-state index contributed by atoms with van der Waals surface area (Å²) in [5, 5.41) is 20.5. The number of nitrogens with zero attached hydrogens (tertiary/aromatic N) is 2. The first-order chi connectivity index (χ1) is 9.81. The van der Waals surface area contributed by atoms with E-state index in [-0.39, 0.29) is 23.9 Å². The van der Waals surface area contributed by atoms with E-state index >= 15 is 0 Å². The van der Waals surface area contributed by atoms with Gasteiger partial charge in [0.1, 0.15) is 0 Å². The molecule has 3 unspecified atom stereocenters. The Hall–Kier alpha value is -1.77. The van der Waals surface area contributed by atoms with Gasteiger partial charge in [0.2, 0.25) is 0 Å². The summed E-state index contributed by atoms with van der Waals surface area (Å²) in [6.07, 6.45) is 2.11. The number of hydrogen-bond donors (Lipinski definition) is 2. The Balaban J connectivity index is 4.12. The minimum atomic E-state index is -0.783. The fourth-order valence-corrected chi connectivity index (χ4v) is 1.95. The zero-order valence-corrected chi connectivity index (χ0v) is 13.4. The van der Waals surface area contributed by atoms with Crippen molar-refractivity contribution in [3.8, 4) is 6.07 Å². The van der Waals surface area contributed by atoms with Crippen LogP contribution in [0, 0.1) is 23.2 Å². The fourth-order valence-electron chi connectivity index (χ4n) is 1.95. The SMILES string of the molecule is CCN(CC(C)C#N)C(=O)NC(C)CCCC(C)C(=O)O. The molecule has 6 heteroatoms. The van der Waals surface area contributed by atoms with E-state index in [1.54, 1.807) is 18.7 Å². The highest BCUT2D eigenvalue weighted by Crippen LogP contribution is 2.10. The van der Waals surface area contributed by atoms with E-state index in [0.29, 0.717) is 19.5 Å². The predicted molar refractivity (Wildman–Crippen MR) is 80.7 cm³/mol. The molecule has 2 amide bonds. The van der Waals surface area contributed by atoms with Gasteiger partial charge in [-0.1, -0.05) is 13.3 Å². The molecule has 120 valence electrons. The third-order valence-corrected chi connectivity index (χ3v) is 3.45. The molecule has 6 nitrogen and oxygen atoms in total. The molecule has 0 aliphatic carbocycles. The summed E-state index contributed by atoms with van der Waals surface area (Å²) in [4.78, 5) is 24.4. The van der Waals surface area contributed by atoms with Crippen LogP contribution in [0.25, 0.3) is 0 Å². The number of carboxylic acids is 1. The molecule has 0 heterocycles. The molecule has 0 fully saturated rings. The molecule has 0 aliphatic heterocycles. The molecule has 0 bridgehead atoms. The van der Waals surface area contributed by atoms with E-state index in [1.807, 2.05) is 13.8 Å². The molecular formula is C15H27N3O3. The van der Waals surface area contributed by atoms with Gasteiger partial charge in [0.15, 0.2) is 0 Å². The summed E-state index contributed by atoms with van der Waals surface area (Å²) in [6.45, 7) is 8.23. The lowest BCUT2D eigenvalue weighted by atomic mass is 10.0. The third kappa shape index (κ3) is 8.18. The molecule has 2 N–H and O–H groups in total. The maximum absolute atomic E-state index is 12.1. The first-order valence-electron chi connectivity index (χ1n) is 7.49. The summed E-state index contributed by atoms with van der Waals surface area (Å²) in [7, 11) is 0. The molecule has 0 aromatic heterocycles. The number of nitrogens with one attached hydrogen (secondary N) is 1. The van der Waals surface area contributed by atoms with Crippen molar-refractivity contribution in [1.82, 2.24) is 10.2 Å². The molecule has 0 saturated carbocycles. The highest BCUT2D eigenvalue weighted by molar-refractivity contribution is 5.74. The monoisotopic (exact) mass is 297 g/mol. The number of aliphatic carboxylic acids is 1. The lowest BCUT2D eigenvalue weighted by molar-refractivity contribution is -0.141. The van der Waals surface area contributed by atoms with Crippen LogP contribution in [0.2, 0.25) is 0 Å². The molecule has 0 aromatic carbocycles.